The lowest BCUT2D eigenvalue weighted by Gasteiger charge is -2.11. The molecule has 2 aromatic carbocycles. The topological polar surface area (TPSA) is 73.2 Å². The Balaban J connectivity index is 1.54. The zero-order valence-corrected chi connectivity index (χ0v) is 16.0. The Morgan fingerprint density at radius 1 is 1.00 bits per heavy atom. The molecule has 0 bridgehead atoms. The van der Waals surface area contributed by atoms with Gasteiger partial charge in [-0.25, -0.2) is 4.68 Å². The van der Waals surface area contributed by atoms with E-state index in [4.69, 9.17) is 4.74 Å². The molecular weight excluding hydrogens is 354 g/mol. The first kappa shape index (κ1) is 19.4. The standard InChI is InChI=1S/C22H23N3O3/c1-16(2)14-25-20(12-13-23-25)24-21(26)15-28-19-10-8-18(9-11-19)22(27)17-6-4-3-5-7-17/h3-13,16H,14-15H2,1-2H3,(H,24,26). The maximum absolute atomic E-state index is 12.4. The molecule has 0 fully saturated rings. The van der Waals surface area contributed by atoms with Crippen LogP contribution < -0.4 is 10.1 Å². The summed E-state index contributed by atoms with van der Waals surface area (Å²) in [7, 11) is 0. The van der Waals surface area contributed by atoms with Crippen LogP contribution in [-0.2, 0) is 11.3 Å². The molecule has 0 spiro atoms. The predicted molar refractivity (Wildman–Crippen MR) is 108 cm³/mol. The number of benzene rings is 2. The number of hydrogen-bond donors (Lipinski definition) is 1. The molecule has 6 heteroatoms. The van der Waals surface area contributed by atoms with Crippen LogP contribution in [0.1, 0.15) is 29.8 Å². The van der Waals surface area contributed by atoms with E-state index < -0.39 is 0 Å². The fourth-order valence-corrected chi connectivity index (χ4v) is 2.72. The Hall–Kier alpha value is -3.41. The molecule has 3 aromatic rings. The highest BCUT2D eigenvalue weighted by atomic mass is 16.5. The number of aromatic nitrogens is 2. The molecule has 1 N–H and O–H groups in total. The van der Waals surface area contributed by atoms with E-state index in [1.54, 1.807) is 53.3 Å². The van der Waals surface area contributed by atoms with Crippen molar-refractivity contribution in [3.63, 3.8) is 0 Å². The van der Waals surface area contributed by atoms with Crippen molar-refractivity contribution in [2.75, 3.05) is 11.9 Å². The average Bonchev–Trinajstić information content (AvgIpc) is 3.12. The SMILES string of the molecule is CC(C)Cn1nccc1NC(=O)COc1ccc(C(=O)c2ccccc2)cc1. The summed E-state index contributed by atoms with van der Waals surface area (Å²) < 4.78 is 7.28. The van der Waals surface area contributed by atoms with Gasteiger partial charge in [0.25, 0.3) is 5.91 Å². The maximum Gasteiger partial charge on any atom is 0.263 e. The van der Waals surface area contributed by atoms with Crippen molar-refractivity contribution in [1.82, 2.24) is 9.78 Å². The molecule has 144 valence electrons. The number of carbonyl (C=O) groups excluding carboxylic acids is 2. The Bertz CT molecular complexity index is 931. The van der Waals surface area contributed by atoms with Crippen LogP contribution in [0.4, 0.5) is 5.82 Å². The number of hydrogen-bond acceptors (Lipinski definition) is 4. The second-order valence-corrected chi connectivity index (χ2v) is 6.85. The summed E-state index contributed by atoms with van der Waals surface area (Å²) in [5, 5.41) is 7.01. The molecule has 28 heavy (non-hydrogen) atoms. The monoisotopic (exact) mass is 377 g/mol. The van der Waals surface area contributed by atoms with E-state index in [1.807, 2.05) is 18.2 Å². The molecule has 0 unspecified atom stereocenters. The molecular formula is C22H23N3O3. The first-order chi connectivity index (χ1) is 13.5. The predicted octanol–water partition coefficient (Wildman–Crippen LogP) is 3.79. The van der Waals surface area contributed by atoms with E-state index in [2.05, 4.69) is 24.3 Å². The molecule has 0 aliphatic rings. The zero-order valence-electron chi connectivity index (χ0n) is 16.0. The summed E-state index contributed by atoms with van der Waals surface area (Å²) in [6.07, 6.45) is 1.65. The first-order valence-corrected chi connectivity index (χ1v) is 9.17. The highest BCUT2D eigenvalue weighted by Gasteiger charge is 2.11. The van der Waals surface area contributed by atoms with Crippen LogP contribution in [0.15, 0.2) is 66.9 Å². The largest absolute Gasteiger partial charge is 0.484 e. The maximum atomic E-state index is 12.4. The van der Waals surface area contributed by atoms with E-state index in [-0.39, 0.29) is 18.3 Å². The van der Waals surface area contributed by atoms with Gasteiger partial charge in [-0.05, 0) is 30.2 Å². The van der Waals surface area contributed by atoms with Gasteiger partial charge in [-0.3, -0.25) is 9.59 Å². The van der Waals surface area contributed by atoms with Crippen LogP contribution in [0.5, 0.6) is 5.75 Å². The summed E-state index contributed by atoms with van der Waals surface area (Å²) >= 11 is 0. The fourth-order valence-electron chi connectivity index (χ4n) is 2.72. The third-order valence-corrected chi connectivity index (χ3v) is 4.04. The Labute approximate surface area is 164 Å². The molecule has 0 aliphatic carbocycles. The lowest BCUT2D eigenvalue weighted by Crippen LogP contribution is -2.22. The molecule has 1 amide bonds. The summed E-state index contributed by atoms with van der Waals surface area (Å²) in [5.41, 5.74) is 1.20. The summed E-state index contributed by atoms with van der Waals surface area (Å²) in [6.45, 7) is 4.77. The quantitative estimate of drug-likeness (QED) is 0.606. The minimum atomic E-state index is -0.269. The lowest BCUT2D eigenvalue weighted by molar-refractivity contribution is -0.118. The van der Waals surface area contributed by atoms with E-state index in [9.17, 15) is 9.59 Å². The van der Waals surface area contributed by atoms with Gasteiger partial charge in [0.15, 0.2) is 12.4 Å². The van der Waals surface area contributed by atoms with Crippen molar-refractivity contribution in [3.05, 3.63) is 78.0 Å². The molecule has 3 rings (SSSR count). The van der Waals surface area contributed by atoms with Gasteiger partial charge in [0.05, 0.1) is 6.20 Å². The van der Waals surface area contributed by atoms with Crippen molar-refractivity contribution in [1.29, 1.82) is 0 Å². The van der Waals surface area contributed by atoms with Gasteiger partial charge in [0.1, 0.15) is 11.6 Å². The first-order valence-electron chi connectivity index (χ1n) is 9.17. The number of nitrogens with one attached hydrogen (secondary N) is 1. The van der Waals surface area contributed by atoms with Crippen LogP contribution in [0, 0.1) is 5.92 Å². The van der Waals surface area contributed by atoms with Crippen LogP contribution in [0.3, 0.4) is 0 Å². The third kappa shape index (κ3) is 5.07. The molecule has 1 heterocycles. The van der Waals surface area contributed by atoms with E-state index in [1.165, 1.54) is 0 Å². The van der Waals surface area contributed by atoms with Crippen molar-refractivity contribution in [2.24, 2.45) is 5.92 Å². The van der Waals surface area contributed by atoms with Crippen molar-refractivity contribution in [2.45, 2.75) is 20.4 Å². The van der Waals surface area contributed by atoms with Crippen LogP contribution >= 0.6 is 0 Å². The van der Waals surface area contributed by atoms with E-state index >= 15 is 0 Å². The van der Waals surface area contributed by atoms with Gasteiger partial charge in [0.2, 0.25) is 0 Å². The number of rotatable bonds is 8. The molecule has 0 saturated heterocycles. The second-order valence-electron chi connectivity index (χ2n) is 6.85. The van der Waals surface area contributed by atoms with Gasteiger partial charge in [-0.1, -0.05) is 44.2 Å². The third-order valence-electron chi connectivity index (χ3n) is 4.04. The average molecular weight is 377 g/mol. The molecule has 1 aromatic heterocycles. The summed E-state index contributed by atoms with van der Waals surface area (Å²) in [4.78, 5) is 24.5. The number of nitrogens with zero attached hydrogens (tertiary/aromatic N) is 2. The van der Waals surface area contributed by atoms with Crippen molar-refractivity contribution >= 4 is 17.5 Å². The number of ketones is 1. The number of ether oxygens (including phenoxy) is 1. The molecule has 0 aliphatic heterocycles. The normalized spacial score (nSPS) is 10.7. The molecule has 0 saturated carbocycles. The van der Waals surface area contributed by atoms with Gasteiger partial charge in [-0.15, -0.1) is 0 Å². The van der Waals surface area contributed by atoms with Crippen LogP contribution in [-0.4, -0.2) is 28.1 Å². The van der Waals surface area contributed by atoms with Crippen LogP contribution in [0.2, 0.25) is 0 Å². The number of amides is 1. The van der Waals surface area contributed by atoms with Crippen molar-refractivity contribution in [3.8, 4) is 5.75 Å². The highest BCUT2D eigenvalue weighted by Crippen LogP contribution is 2.16. The molecule has 0 atom stereocenters. The van der Waals surface area contributed by atoms with Gasteiger partial charge in [0, 0.05) is 23.7 Å². The minimum Gasteiger partial charge on any atom is -0.484 e. The van der Waals surface area contributed by atoms with E-state index in [0.29, 0.717) is 28.6 Å². The van der Waals surface area contributed by atoms with Gasteiger partial charge < -0.3 is 10.1 Å². The summed E-state index contributed by atoms with van der Waals surface area (Å²) in [6, 6.07) is 17.6. The fraction of sp³-hybridized carbons (Fsp3) is 0.227. The zero-order chi connectivity index (χ0) is 19.9. The smallest absolute Gasteiger partial charge is 0.263 e. The van der Waals surface area contributed by atoms with Crippen LogP contribution in [0.25, 0.3) is 0 Å². The Kier molecular flexibility index (Phi) is 6.22. The highest BCUT2D eigenvalue weighted by molar-refractivity contribution is 6.09. The summed E-state index contributed by atoms with van der Waals surface area (Å²) in [5.74, 6) is 1.27. The van der Waals surface area contributed by atoms with Gasteiger partial charge in [-0.2, -0.15) is 5.10 Å². The minimum absolute atomic E-state index is 0.0525. The second kappa shape index (κ2) is 8.99. The van der Waals surface area contributed by atoms with E-state index in [0.717, 1.165) is 6.54 Å². The molecule has 0 radical (unpaired) electrons. The van der Waals surface area contributed by atoms with Gasteiger partial charge >= 0.3 is 0 Å². The Morgan fingerprint density at radius 3 is 2.36 bits per heavy atom. The molecule has 6 nitrogen and oxygen atoms in total. The van der Waals surface area contributed by atoms with Crippen molar-refractivity contribution < 1.29 is 14.3 Å². The lowest BCUT2D eigenvalue weighted by atomic mass is 10.0. The number of anilines is 1. The number of carbonyl (C=O) groups is 2. The Morgan fingerprint density at radius 2 is 1.68 bits per heavy atom.